The third kappa shape index (κ3) is 1.85. The summed E-state index contributed by atoms with van der Waals surface area (Å²) < 4.78 is 2.17. The number of hydrogen-bond acceptors (Lipinski definition) is 1. The van der Waals surface area contributed by atoms with Crippen molar-refractivity contribution in [2.75, 3.05) is 7.05 Å². The first-order valence-corrected chi connectivity index (χ1v) is 6.44. The molecule has 2 aromatic rings. The van der Waals surface area contributed by atoms with Gasteiger partial charge in [0.2, 0.25) is 0 Å². The smallest absolute Gasteiger partial charge is 0.0495 e. The molecule has 0 spiro atoms. The second-order valence-corrected chi connectivity index (χ2v) is 5.57. The monoisotopic (exact) mass is 248 g/mol. The highest BCUT2D eigenvalue weighted by molar-refractivity contribution is 6.31. The number of aryl methyl sites for hydroxylation is 1. The Kier molecular flexibility index (Phi) is 2.46. The second-order valence-electron chi connectivity index (χ2n) is 5.13. The van der Waals surface area contributed by atoms with Crippen molar-refractivity contribution in [1.29, 1.82) is 0 Å². The molecule has 17 heavy (non-hydrogen) atoms. The lowest BCUT2D eigenvalue weighted by Crippen LogP contribution is -2.29. The lowest BCUT2D eigenvalue weighted by atomic mass is 10.0. The first kappa shape index (κ1) is 11.1. The van der Waals surface area contributed by atoms with Crippen LogP contribution in [0.4, 0.5) is 0 Å². The Morgan fingerprint density at radius 2 is 2.18 bits per heavy atom. The number of benzene rings is 1. The number of hydrogen-bond donors (Lipinski definition) is 1. The molecule has 1 heterocycles. The Labute approximate surface area is 107 Å². The number of halogens is 1. The minimum Gasteiger partial charge on any atom is -0.350 e. The van der Waals surface area contributed by atoms with Crippen LogP contribution < -0.4 is 5.32 Å². The largest absolute Gasteiger partial charge is 0.350 e. The lowest BCUT2D eigenvalue weighted by Gasteiger charge is -2.12. The molecule has 90 valence electrons. The van der Waals surface area contributed by atoms with E-state index in [2.05, 4.69) is 36.2 Å². The number of fused-ring (bicyclic) bond motifs is 1. The van der Waals surface area contributed by atoms with Crippen LogP contribution in [-0.2, 0) is 13.5 Å². The van der Waals surface area contributed by atoms with Gasteiger partial charge in [0.15, 0.2) is 0 Å². The van der Waals surface area contributed by atoms with Gasteiger partial charge in [-0.25, -0.2) is 0 Å². The maximum absolute atomic E-state index is 6.05. The quantitative estimate of drug-likeness (QED) is 0.883. The minimum absolute atomic E-state index is 0.355. The first-order chi connectivity index (χ1) is 8.13. The normalized spacial score (nSPS) is 17.6. The average molecular weight is 249 g/mol. The van der Waals surface area contributed by atoms with Crippen molar-refractivity contribution in [3.63, 3.8) is 0 Å². The van der Waals surface area contributed by atoms with Crippen LogP contribution in [0.15, 0.2) is 24.4 Å². The van der Waals surface area contributed by atoms with E-state index in [-0.39, 0.29) is 0 Å². The van der Waals surface area contributed by atoms with Crippen molar-refractivity contribution in [1.82, 2.24) is 9.88 Å². The number of aromatic nitrogens is 1. The Bertz CT molecular complexity index is 567. The fraction of sp³-hybridized carbons (Fsp3) is 0.429. The van der Waals surface area contributed by atoms with E-state index in [0.29, 0.717) is 5.54 Å². The van der Waals surface area contributed by atoms with Gasteiger partial charge in [-0.15, -0.1) is 0 Å². The maximum Gasteiger partial charge on any atom is 0.0495 e. The molecule has 0 saturated heterocycles. The van der Waals surface area contributed by atoms with E-state index in [1.54, 1.807) is 0 Å². The van der Waals surface area contributed by atoms with Crippen molar-refractivity contribution in [2.45, 2.75) is 24.8 Å². The number of likely N-dealkylation sites (N-methyl/N-ethyl adjacent to an activating group) is 1. The maximum atomic E-state index is 6.05. The van der Waals surface area contributed by atoms with Crippen LogP contribution in [0.3, 0.4) is 0 Å². The zero-order valence-electron chi connectivity index (χ0n) is 10.3. The summed E-state index contributed by atoms with van der Waals surface area (Å²) in [5.74, 6) is 0. The molecule has 2 nitrogen and oxygen atoms in total. The molecule has 1 N–H and O–H groups in total. The van der Waals surface area contributed by atoms with Gasteiger partial charge in [-0.1, -0.05) is 17.7 Å². The summed E-state index contributed by atoms with van der Waals surface area (Å²) in [6.07, 6.45) is 5.92. The summed E-state index contributed by atoms with van der Waals surface area (Å²) in [4.78, 5) is 0. The molecule has 0 amide bonds. The van der Waals surface area contributed by atoms with Crippen LogP contribution in [0.5, 0.6) is 0 Å². The van der Waals surface area contributed by atoms with E-state index in [0.717, 1.165) is 11.4 Å². The van der Waals surface area contributed by atoms with Crippen LogP contribution in [0.25, 0.3) is 10.9 Å². The predicted octanol–water partition coefficient (Wildman–Crippen LogP) is 3.13. The molecule has 3 rings (SSSR count). The molecular weight excluding hydrogens is 232 g/mol. The molecule has 1 aliphatic rings. The standard InChI is InChI=1S/C14H17ClN2/c1-16-14(5-6-14)8-10-9-17(2)13-7-11(15)3-4-12(10)13/h3-4,7,9,16H,5-6,8H2,1-2H3. The van der Waals surface area contributed by atoms with Crippen LogP contribution in [-0.4, -0.2) is 17.2 Å². The van der Waals surface area contributed by atoms with Gasteiger partial charge in [0.1, 0.15) is 0 Å². The second kappa shape index (κ2) is 3.76. The minimum atomic E-state index is 0.355. The molecule has 1 fully saturated rings. The van der Waals surface area contributed by atoms with Crippen molar-refractivity contribution >= 4 is 22.5 Å². The molecule has 0 aliphatic heterocycles. The summed E-state index contributed by atoms with van der Waals surface area (Å²) in [5, 5.41) is 5.59. The van der Waals surface area contributed by atoms with Gasteiger partial charge in [-0.3, -0.25) is 0 Å². The van der Waals surface area contributed by atoms with E-state index < -0.39 is 0 Å². The van der Waals surface area contributed by atoms with Gasteiger partial charge in [0.25, 0.3) is 0 Å². The molecule has 3 heteroatoms. The fourth-order valence-electron chi connectivity index (χ4n) is 2.61. The topological polar surface area (TPSA) is 17.0 Å². The Morgan fingerprint density at radius 3 is 2.82 bits per heavy atom. The molecule has 1 aromatic carbocycles. The molecule has 0 atom stereocenters. The Balaban J connectivity index is 2.05. The summed E-state index contributed by atoms with van der Waals surface area (Å²) >= 11 is 6.05. The van der Waals surface area contributed by atoms with Crippen molar-refractivity contribution in [3.05, 3.63) is 35.0 Å². The molecular formula is C14H17ClN2. The zero-order chi connectivity index (χ0) is 12.0. The lowest BCUT2D eigenvalue weighted by molar-refractivity contribution is 0.550. The summed E-state index contributed by atoms with van der Waals surface area (Å²) in [6.45, 7) is 0. The SMILES string of the molecule is CNC1(Cc2cn(C)c3cc(Cl)ccc23)CC1. The van der Waals surface area contributed by atoms with E-state index >= 15 is 0 Å². The highest BCUT2D eigenvalue weighted by Gasteiger charge is 2.41. The Morgan fingerprint density at radius 1 is 1.41 bits per heavy atom. The Hall–Kier alpha value is -0.990. The van der Waals surface area contributed by atoms with Crippen molar-refractivity contribution in [3.8, 4) is 0 Å². The van der Waals surface area contributed by atoms with E-state index in [1.807, 2.05) is 12.1 Å². The molecule has 1 aliphatic carbocycles. The zero-order valence-corrected chi connectivity index (χ0v) is 11.0. The van der Waals surface area contributed by atoms with Gasteiger partial charge >= 0.3 is 0 Å². The van der Waals surface area contributed by atoms with E-state index in [4.69, 9.17) is 11.6 Å². The van der Waals surface area contributed by atoms with Crippen LogP contribution >= 0.6 is 11.6 Å². The summed E-state index contributed by atoms with van der Waals surface area (Å²) in [5.41, 5.74) is 3.00. The van der Waals surface area contributed by atoms with Gasteiger partial charge in [0.05, 0.1) is 0 Å². The van der Waals surface area contributed by atoms with E-state index in [9.17, 15) is 0 Å². The van der Waals surface area contributed by atoms with Crippen LogP contribution in [0, 0.1) is 0 Å². The van der Waals surface area contributed by atoms with Gasteiger partial charge in [0, 0.05) is 34.7 Å². The molecule has 1 aromatic heterocycles. The van der Waals surface area contributed by atoms with Crippen LogP contribution in [0.1, 0.15) is 18.4 Å². The molecule has 0 unspecified atom stereocenters. The third-order valence-corrected chi connectivity index (χ3v) is 4.18. The highest BCUT2D eigenvalue weighted by Crippen LogP contribution is 2.39. The third-order valence-electron chi connectivity index (χ3n) is 3.95. The summed E-state index contributed by atoms with van der Waals surface area (Å²) in [6, 6.07) is 6.16. The van der Waals surface area contributed by atoms with Gasteiger partial charge in [-0.05, 0) is 44.0 Å². The summed E-state index contributed by atoms with van der Waals surface area (Å²) in [7, 11) is 4.15. The van der Waals surface area contributed by atoms with Crippen molar-refractivity contribution < 1.29 is 0 Å². The van der Waals surface area contributed by atoms with Crippen LogP contribution in [0.2, 0.25) is 5.02 Å². The van der Waals surface area contributed by atoms with Crippen molar-refractivity contribution in [2.24, 2.45) is 7.05 Å². The molecule has 1 saturated carbocycles. The van der Waals surface area contributed by atoms with E-state index in [1.165, 1.54) is 29.3 Å². The van der Waals surface area contributed by atoms with Gasteiger partial charge < -0.3 is 9.88 Å². The molecule has 0 radical (unpaired) electrons. The van der Waals surface area contributed by atoms with Gasteiger partial charge in [-0.2, -0.15) is 0 Å². The highest BCUT2D eigenvalue weighted by atomic mass is 35.5. The predicted molar refractivity (Wildman–Crippen MR) is 72.7 cm³/mol. The molecule has 0 bridgehead atoms. The average Bonchev–Trinajstić information content (AvgIpc) is 3.02. The number of rotatable bonds is 3. The fourth-order valence-corrected chi connectivity index (χ4v) is 2.78. The number of nitrogens with zero attached hydrogens (tertiary/aromatic N) is 1. The number of nitrogens with one attached hydrogen (secondary N) is 1. The first-order valence-electron chi connectivity index (χ1n) is 6.06.